The van der Waals surface area contributed by atoms with E-state index in [-0.39, 0.29) is 0 Å². The van der Waals surface area contributed by atoms with Crippen molar-refractivity contribution >= 4 is 0 Å². The first-order valence-corrected chi connectivity index (χ1v) is 5.18. The minimum Gasteiger partial charge on any atom is -0.0623 e. The molecule has 0 atom stereocenters. The Morgan fingerprint density at radius 3 is 2.38 bits per heavy atom. The maximum absolute atomic E-state index is 2.26. The monoisotopic (exact) mass is 172 g/mol. The van der Waals surface area contributed by atoms with Gasteiger partial charge in [0.1, 0.15) is 0 Å². The molecular weight excluding hydrogens is 156 g/mol. The molecule has 13 heavy (non-hydrogen) atoms. The Hall–Kier alpha value is -1.04. The molecule has 2 aliphatic carbocycles. The maximum atomic E-state index is 2.26. The molecule has 0 aromatic heterocycles. The SMILES string of the molecule is C1=CC=CC(C2CCCC2)=CC=C1. The van der Waals surface area contributed by atoms with Crippen LogP contribution in [0.4, 0.5) is 0 Å². The molecule has 0 saturated heterocycles. The van der Waals surface area contributed by atoms with E-state index in [0.29, 0.717) is 0 Å². The summed E-state index contributed by atoms with van der Waals surface area (Å²) in [4.78, 5) is 0. The van der Waals surface area contributed by atoms with Gasteiger partial charge in [-0.1, -0.05) is 55.4 Å². The molecule has 68 valence electrons. The van der Waals surface area contributed by atoms with E-state index in [0.717, 1.165) is 5.92 Å². The van der Waals surface area contributed by atoms with Gasteiger partial charge in [-0.3, -0.25) is 0 Å². The quantitative estimate of drug-likeness (QED) is 0.564. The summed E-state index contributed by atoms with van der Waals surface area (Å²) in [7, 11) is 0. The zero-order valence-electron chi connectivity index (χ0n) is 7.95. The van der Waals surface area contributed by atoms with E-state index in [9.17, 15) is 0 Å². The summed E-state index contributed by atoms with van der Waals surface area (Å²) >= 11 is 0. The number of allylic oxidation sites excluding steroid dienone is 8. The van der Waals surface area contributed by atoms with Crippen molar-refractivity contribution in [1.82, 2.24) is 0 Å². The Bertz CT molecular complexity index is 270. The van der Waals surface area contributed by atoms with Crippen LogP contribution in [0.2, 0.25) is 0 Å². The summed E-state index contributed by atoms with van der Waals surface area (Å²) in [5.74, 6) is 0.826. The Balaban J connectivity index is 2.11. The van der Waals surface area contributed by atoms with E-state index in [1.807, 2.05) is 0 Å². The van der Waals surface area contributed by atoms with Crippen LogP contribution in [-0.2, 0) is 0 Å². The van der Waals surface area contributed by atoms with Crippen molar-refractivity contribution in [3.63, 3.8) is 0 Å². The second-order valence-corrected chi connectivity index (χ2v) is 3.78. The molecule has 0 aromatic carbocycles. The fourth-order valence-corrected chi connectivity index (χ4v) is 2.11. The lowest BCUT2D eigenvalue weighted by atomic mass is 9.96. The predicted octanol–water partition coefficient (Wildman–Crippen LogP) is 3.79. The molecule has 0 amide bonds. The molecule has 0 radical (unpaired) electrons. The summed E-state index contributed by atoms with van der Waals surface area (Å²) < 4.78 is 0. The van der Waals surface area contributed by atoms with E-state index in [4.69, 9.17) is 0 Å². The van der Waals surface area contributed by atoms with Crippen molar-refractivity contribution in [2.45, 2.75) is 25.7 Å². The van der Waals surface area contributed by atoms with Gasteiger partial charge in [-0.25, -0.2) is 0 Å². The highest BCUT2D eigenvalue weighted by atomic mass is 14.2. The van der Waals surface area contributed by atoms with Crippen LogP contribution in [0.15, 0.2) is 48.1 Å². The Labute approximate surface area is 80.3 Å². The van der Waals surface area contributed by atoms with Gasteiger partial charge in [0, 0.05) is 0 Å². The minimum atomic E-state index is 0.826. The van der Waals surface area contributed by atoms with Gasteiger partial charge in [0.05, 0.1) is 0 Å². The van der Waals surface area contributed by atoms with Crippen molar-refractivity contribution in [3.8, 4) is 0 Å². The molecule has 0 N–H and O–H groups in total. The van der Waals surface area contributed by atoms with Crippen LogP contribution >= 0.6 is 0 Å². The summed E-state index contributed by atoms with van der Waals surface area (Å²) in [6.07, 6.45) is 20.7. The van der Waals surface area contributed by atoms with E-state index < -0.39 is 0 Å². The third-order valence-electron chi connectivity index (χ3n) is 2.85. The second kappa shape index (κ2) is 4.27. The summed E-state index contributed by atoms with van der Waals surface area (Å²) in [6, 6.07) is 0. The third-order valence-corrected chi connectivity index (χ3v) is 2.85. The fraction of sp³-hybridized carbons (Fsp3) is 0.385. The zero-order chi connectivity index (χ0) is 8.93. The lowest BCUT2D eigenvalue weighted by molar-refractivity contribution is 0.657. The molecule has 0 heteroatoms. The van der Waals surface area contributed by atoms with Crippen LogP contribution in [0.25, 0.3) is 0 Å². The van der Waals surface area contributed by atoms with Gasteiger partial charge in [-0.2, -0.15) is 0 Å². The molecule has 0 heterocycles. The average molecular weight is 172 g/mol. The number of rotatable bonds is 1. The van der Waals surface area contributed by atoms with E-state index >= 15 is 0 Å². The molecule has 1 fully saturated rings. The molecular formula is C13H16. The highest BCUT2D eigenvalue weighted by Gasteiger charge is 2.16. The first-order valence-electron chi connectivity index (χ1n) is 5.18. The third kappa shape index (κ3) is 2.21. The topological polar surface area (TPSA) is 0 Å². The van der Waals surface area contributed by atoms with Crippen molar-refractivity contribution in [2.24, 2.45) is 5.92 Å². The maximum Gasteiger partial charge on any atom is -0.0162 e. The first-order chi connectivity index (χ1) is 6.47. The molecule has 0 spiro atoms. The highest BCUT2D eigenvalue weighted by molar-refractivity contribution is 5.32. The molecule has 0 aromatic rings. The van der Waals surface area contributed by atoms with Crippen molar-refractivity contribution in [2.75, 3.05) is 0 Å². The molecule has 0 bridgehead atoms. The molecule has 0 aliphatic heterocycles. The Kier molecular flexibility index (Phi) is 2.81. The van der Waals surface area contributed by atoms with Gasteiger partial charge in [0.25, 0.3) is 0 Å². The molecule has 0 unspecified atom stereocenters. The normalized spacial score (nSPS) is 22.9. The minimum absolute atomic E-state index is 0.826. The predicted molar refractivity (Wildman–Crippen MR) is 57.5 cm³/mol. The van der Waals surface area contributed by atoms with Gasteiger partial charge < -0.3 is 0 Å². The summed E-state index contributed by atoms with van der Waals surface area (Å²) in [5, 5.41) is 0. The van der Waals surface area contributed by atoms with Gasteiger partial charge >= 0.3 is 0 Å². The Morgan fingerprint density at radius 1 is 0.846 bits per heavy atom. The second-order valence-electron chi connectivity index (χ2n) is 3.78. The van der Waals surface area contributed by atoms with E-state index in [1.165, 1.54) is 31.3 Å². The molecule has 0 nitrogen and oxygen atoms in total. The van der Waals surface area contributed by atoms with Crippen molar-refractivity contribution in [3.05, 3.63) is 48.1 Å². The van der Waals surface area contributed by atoms with Crippen LogP contribution in [0.1, 0.15) is 25.7 Å². The standard InChI is InChI=1S/C13H16/c1-2-4-8-12(9-5-3-1)13-10-6-7-11-13/h1-5,8-9,13H,6-7,10-11H2. The van der Waals surface area contributed by atoms with Crippen LogP contribution in [0, 0.1) is 5.92 Å². The number of hydrogen-bond donors (Lipinski definition) is 0. The van der Waals surface area contributed by atoms with E-state index in [2.05, 4.69) is 42.5 Å². The van der Waals surface area contributed by atoms with Gasteiger partial charge in [0.15, 0.2) is 0 Å². The van der Waals surface area contributed by atoms with E-state index in [1.54, 1.807) is 0 Å². The lowest BCUT2D eigenvalue weighted by Crippen LogP contribution is -1.95. The van der Waals surface area contributed by atoms with Crippen molar-refractivity contribution in [1.29, 1.82) is 0 Å². The fourth-order valence-electron chi connectivity index (χ4n) is 2.11. The highest BCUT2D eigenvalue weighted by Crippen LogP contribution is 2.31. The summed E-state index contributed by atoms with van der Waals surface area (Å²) in [5.41, 5.74) is 1.51. The zero-order valence-corrected chi connectivity index (χ0v) is 7.95. The lowest BCUT2D eigenvalue weighted by Gasteiger charge is -2.09. The number of hydrogen-bond acceptors (Lipinski definition) is 0. The van der Waals surface area contributed by atoms with Crippen molar-refractivity contribution < 1.29 is 0 Å². The molecule has 1 saturated carbocycles. The van der Waals surface area contributed by atoms with Gasteiger partial charge in [0.2, 0.25) is 0 Å². The van der Waals surface area contributed by atoms with Gasteiger partial charge in [-0.15, -0.1) is 0 Å². The summed E-state index contributed by atoms with van der Waals surface area (Å²) in [6.45, 7) is 0. The van der Waals surface area contributed by atoms with Crippen LogP contribution in [-0.4, -0.2) is 0 Å². The molecule has 2 rings (SSSR count). The van der Waals surface area contributed by atoms with Gasteiger partial charge in [-0.05, 0) is 24.3 Å². The Morgan fingerprint density at radius 2 is 1.54 bits per heavy atom. The smallest absolute Gasteiger partial charge is 0.0162 e. The largest absolute Gasteiger partial charge is 0.0623 e. The first kappa shape index (κ1) is 8.55. The van der Waals surface area contributed by atoms with Crippen LogP contribution < -0.4 is 0 Å². The van der Waals surface area contributed by atoms with Crippen LogP contribution in [0.3, 0.4) is 0 Å². The average Bonchev–Trinajstić information content (AvgIpc) is 2.55. The molecule has 2 aliphatic rings. The van der Waals surface area contributed by atoms with Crippen LogP contribution in [0.5, 0.6) is 0 Å².